The Labute approximate surface area is 285 Å². The van der Waals surface area contributed by atoms with E-state index in [4.69, 9.17) is 30.5 Å². The topological polar surface area (TPSA) is 13.1 Å². The van der Waals surface area contributed by atoms with Crippen LogP contribution in [0.2, 0.25) is 0 Å². The Bertz CT molecular complexity index is 3940. The van der Waals surface area contributed by atoms with Crippen LogP contribution >= 0.6 is 0 Å². The highest BCUT2D eigenvalue weighted by atomic mass is 16.3. The number of hydrogen-bond donors (Lipinski definition) is 0. The van der Waals surface area contributed by atoms with Crippen LogP contribution in [0.5, 0.6) is 0 Å². The lowest BCUT2D eigenvalue weighted by Gasteiger charge is -2.19. The van der Waals surface area contributed by atoms with Gasteiger partial charge in [-0.1, -0.05) is 133 Å². The van der Waals surface area contributed by atoms with Gasteiger partial charge in [0.15, 0.2) is 0 Å². The van der Waals surface area contributed by atoms with E-state index in [1.165, 1.54) is 0 Å². The van der Waals surface area contributed by atoms with Gasteiger partial charge in [0, 0.05) is 10.8 Å². The Morgan fingerprint density at radius 2 is 1.00 bits per heavy atom. The second kappa shape index (κ2) is 9.44. The molecule has 0 saturated heterocycles. The van der Waals surface area contributed by atoms with Crippen molar-refractivity contribution in [3.8, 4) is 33.4 Å². The SMILES string of the molecule is [2H]c1c([2H])c([2H])c(-c2c3c([2H])c([2H])c([2H])c([2H])c3c(-c3c([2H])c([2H])c([2H])c4oc5c([2H])c([2H])c([2H])c([2H])c5c34)c3c([2H])c(-c4c([2H])c([2H])c5c([2H])c([2H])c([2H])c([2H])c5c4[2H])c([2H])c([2H])c23)c([2H])c1[2H]. The van der Waals surface area contributed by atoms with Crippen molar-refractivity contribution in [1.29, 1.82) is 0 Å². The summed E-state index contributed by atoms with van der Waals surface area (Å²) in [6.07, 6.45) is 0. The number of para-hydroxylation sites is 1. The highest BCUT2D eigenvalue weighted by Crippen LogP contribution is 2.47. The normalized spacial score (nSPS) is 20.2. The van der Waals surface area contributed by atoms with E-state index < -0.39 is 245 Å². The summed E-state index contributed by atoms with van der Waals surface area (Å²) in [7, 11) is 0. The molecule has 0 amide bonds. The summed E-state index contributed by atoms with van der Waals surface area (Å²) < 4.78 is 239. The lowest BCUT2D eigenvalue weighted by molar-refractivity contribution is 0.669. The molecule has 0 unspecified atom stereocenters. The molecule has 0 saturated carbocycles. The molecule has 9 rings (SSSR count). The van der Waals surface area contributed by atoms with E-state index in [-0.39, 0.29) is 0 Å². The first-order valence-electron chi connectivity index (χ1n) is 25.7. The standard InChI is InChI=1S/C42H26O/c1-2-12-28(13-3-1)40-32-15-6-7-16-33(32)41(36-18-10-20-39-42(36)35-17-8-9-19-38(35)43-39)37-26-31(23-24-34(37)40)30-22-21-27-11-4-5-14-29(27)25-30/h1-26H/i1D,2D,3D,4D,5D,6D,7D,8D,9D,10D,11D,12D,13D,14D,15D,16D,17D,18D,19D,20D,21D,22D,23D,24D,25D,26D. The molecular formula is C42H26O. The summed E-state index contributed by atoms with van der Waals surface area (Å²) in [5.41, 5.74) is -5.90. The molecule has 200 valence electrons. The third kappa shape index (κ3) is 3.72. The van der Waals surface area contributed by atoms with Gasteiger partial charge >= 0.3 is 0 Å². The quantitative estimate of drug-likeness (QED) is 0.192. The van der Waals surface area contributed by atoms with Gasteiger partial charge in [-0.2, -0.15) is 0 Å². The zero-order valence-corrected chi connectivity index (χ0v) is 21.4. The minimum atomic E-state index is -1.07. The number of rotatable bonds is 3. The molecule has 43 heavy (non-hydrogen) atoms. The molecule has 1 heteroatoms. The van der Waals surface area contributed by atoms with Crippen LogP contribution in [0.3, 0.4) is 0 Å². The zero-order chi connectivity index (χ0) is 51.0. The van der Waals surface area contributed by atoms with Crippen LogP contribution in [0.25, 0.3) is 87.6 Å². The van der Waals surface area contributed by atoms with Crippen molar-refractivity contribution in [2.75, 3.05) is 0 Å². The maximum Gasteiger partial charge on any atom is 0.136 e. The molecule has 0 spiro atoms. The van der Waals surface area contributed by atoms with E-state index in [1.54, 1.807) is 0 Å². The molecule has 1 aromatic heterocycles. The monoisotopic (exact) mass is 572 g/mol. The van der Waals surface area contributed by atoms with Crippen LogP contribution in [0.15, 0.2) is 162 Å². The molecule has 1 heterocycles. The van der Waals surface area contributed by atoms with E-state index in [9.17, 15) is 9.60 Å². The van der Waals surface area contributed by atoms with Crippen LogP contribution < -0.4 is 0 Å². The minimum Gasteiger partial charge on any atom is -0.456 e. The Kier molecular flexibility index (Phi) is 2.13. The van der Waals surface area contributed by atoms with Crippen molar-refractivity contribution in [2.24, 2.45) is 0 Å². The van der Waals surface area contributed by atoms with Gasteiger partial charge in [0.25, 0.3) is 0 Å². The second-order valence-electron chi connectivity index (χ2n) is 9.26. The van der Waals surface area contributed by atoms with Gasteiger partial charge in [-0.3, -0.25) is 0 Å². The van der Waals surface area contributed by atoms with Crippen molar-refractivity contribution in [1.82, 2.24) is 0 Å². The van der Waals surface area contributed by atoms with Crippen molar-refractivity contribution in [3.63, 3.8) is 0 Å². The predicted octanol–water partition coefficient (Wildman–Crippen LogP) is 12.0. The fourth-order valence-electron chi connectivity index (χ4n) is 5.17. The molecule has 0 aliphatic carbocycles. The van der Waals surface area contributed by atoms with Crippen molar-refractivity contribution >= 4 is 54.3 Å². The molecule has 8 aromatic carbocycles. The van der Waals surface area contributed by atoms with E-state index in [1.807, 2.05) is 0 Å². The molecule has 0 aliphatic heterocycles. The van der Waals surface area contributed by atoms with Gasteiger partial charge < -0.3 is 4.42 Å². The zero-order valence-electron chi connectivity index (χ0n) is 47.4. The molecule has 0 N–H and O–H groups in total. The van der Waals surface area contributed by atoms with Crippen molar-refractivity contribution < 1.29 is 40.1 Å². The number of furan rings is 1. The van der Waals surface area contributed by atoms with Crippen molar-refractivity contribution in [3.05, 3.63) is 157 Å². The van der Waals surface area contributed by atoms with Crippen molar-refractivity contribution in [2.45, 2.75) is 0 Å². The molecule has 1 nitrogen and oxygen atoms in total. The minimum absolute atomic E-state index is 0.510. The molecule has 0 radical (unpaired) electrons. The van der Waals surface area contributed by atoms with Gasteiger partial charge in [0.1, 0.15) is 11.2 Å². The molecule has 0 aliphatic rings. The maximum absolute atomic E-state index is 10.1. The molecule has 0 fully saturated rings. The number of hydrogen-bond acceptors (Lipinski definition) is 1. The van der Waals surface area contributed by atoms with Gasteiger partial charge in [-0.05, 0) is 89.9 Å². The number of fused-ring (bicyclic) bond motifs is 6. The first-order chi connectivity index (χ1) is 32.2. The summed E-state index contributed by atoms with van der Waals surface area (Å²) >= 11 is 0. The summed E-state index contributed by atoms with van der Waals surface area (Å²) in [4.78, 5) is 0. The highest BCUT2D eigenvalue weighted by Gasteiger charge is 2.20. The van der Waals surface area contributed by atoms with E-state index in [2.05, 4.69) is 0 Å². The molecule has 0 bridgehead atoms. The Morgan fingerprint density at radius 1 is 0.372 bits per heavy atom. The fourth-order valence-corrected chi connectivity index (χ4v) is 5.17. The summed E-state index contributed by atoms with van der Waals surface area (Å²) in [5.74, 6) is 0. The van der Waals surface area contributed by atoms with Crippen LogP contribution in [0.4, 0.5) is 0 Å². The predicted molar refractivity (Wildman–Crippen MR) is 183 cm³/mol. The van der Waals surface area contributed by atoms with Gasteiger partial charge in [0.05, 0.1) is 35.6 Å². The lowest BCUT2D eigenvalue weighted by atomic mass is 9.84. The second-order valence-corrected chi connectivity index (χ2v) is 9.26. The summed E-state index contributed by atoms with van der Waals surface area (Å²) in [5, 5.41) is -5.26. The Balaban J connectivity index is 1.72. The molecule has 0 atom stereocenters. The largest absolute Gasteiger partial charge is 0.456 e. The highest BCUT2D eigenvalue weighted by molar-refractivity contribution is 6.26. The average Bonchev–Trinajstić information content (AvgIpc) is 3.72. The van der Waals surface area contributed by atoms with Gasteiger partial charge in [-0.15, -0.1) is 0 Å². The van der Waals surface area contributed by atoms with E-state index in [0.717, 1.165) is 0 Å². The van der Waals surface area contributed by atoms with E-state index in [0.29, 0.717) is 0 Å². The fraction of sp³-hybridized carbons (Fsp3) is 0. The lowest BCUT2D eigenvalue weighted by Crippen LogP contribution is -1.92. The molecular weight excluding hydrogens is 520 g/mol. The number of benzene rings is 8. The average molecular weight is 573 g/mol. The third-order valence-electron chi connectivity index (χ3n) is 6.95. The first-order valence-corrected chi connectivity index (χ1v) is 12.7. The molecule has 9 aromatic rings. The van der Waals surface area contributed by atoms with Gasteiger partial charge in [0.2, 0.25) is 0 Å². The van der Waals surface area contributed by atoms with Crippen LogP contribution in [-0.2, 0) is 0 Å². The first kappa shape index (κ1) is 9.69. The summed E-state index contributed by atoms with van der Waals surface area (Å²) in [6, 6.07) is -24.1. The Hall–Kier alpha value is -5.66. The Morgan fingerprint density at radius 3 is 1.86 bits per heavy atom. The summed E-state index contributed by atoms with van der Waals surface area (Å²) in [6.45, 7) is 0. The van der Waals surface area contributed by atoms with Crippen LogP contribution in [0, 0.1) is 0 Å². The third-order valence-corrected chi connectivity index (χ3v) is 6.95. The maximum atomic E-state index is 10.1. The van der Waals surface area contributed by atoms with E-state index >= 15 is 0 Å². The smallest absolute Gasteiger partial charge is 0.136 e. The van der Waals surface area contributed by atoms with Crippen LogP contribution in [0.1, 0.15) is 35.6 Å². The van der Waals surface area contributed by atoms with Gasteiger partial charge in [-0.25, -0.2) is 0 Å². The van der Waals surface area contributed by atoms with Crippen LogP contribution in [-0.4, -0.2) is 0 Å².